The van der Waals surface area contributed by atoms with Crippen LogP contribution in [0.1, 0.15) is 16.3 Å². The van der Waals surface area contributed by atoms with Crippen molar-refractivity contribution < 1.29 is 19.2 Å². The van der Waals surface area contributed by atoms with Gasteiger partial charge in [0.1, 0.15) is 16.6 Å². The number of ether oxygens (including phenoxy) is 1. The lowest BCUT2D eigenvalue weighted by Gasteiger charge is -2.04. The van der Waals surface area contributed by atoms with Crippen LogP contribution in [0.2, 0.25) is 0 Å². The van der Waals surface area contributed by atoms with Crippen LogP contribution in [-0.2, 0) is 5.75 Å². The van der Waals surface area contributed by atoms with Crippen molar-refractivity contribution in [3.8, 4) is 17.6 Å². The average Bonchev–Trinajstić information content (AvgIpc) is 3.43. The fourth-order valence-electron chi connectivity index (χ4n) is 2.80. The molecule has 0 unspecified atom stereocenters. The standard InChI is InChI=1S/C21H14N4O5S2/c1-29-19-7-12(2-4-17(19)26)6-13(9-22)20-23-14(10-31-20)11-32-21-24-16-8-15(25(27)28)3-5-18(16)30-21/h2-8,10,26H,11H2,1H3/b13-6+. The summed E-state index contributed by atoms with van der Waals surface area (Å²) in [4.78, 5) is 19.2. The number of hydrogen-bond donors (Lipinski definition) is 1. The van der Waals surface area contributed by atoms with E-state index in [9.17, 15) is 20.5 Å². The fraction of sp³-hybridized carbons (Fsp3) is 0.0952. The van der Waals surface area contributed by atoms with Crippen LogP contribution in [0.3, 0.4) is 0 Å². The van der Waals surface area contributed by atoms with Gasteiger partial charge in [0.05, 0.1) is 23.3 Å². The Kier molecular flexibility index (Phi) is 6.07. The molecule has 2 heterocycles. The summed E-state index contributed by atoms with van der Waals surface area (Å²) in [7, 11) is 1.45. The van der Waals surface area contributed by atoms with Crippen LogP contribution >= 0.6 is 23.1 Å². The predicted octanol–water partition coefficient (Wildman–Crippen LogP) is 5.26. The third-order valence-electron chi connectivity index (χ3n) is 4.32. The van der Waals surface area contributed by atoms with Crippen molar-refractivity contribution in [3.05, 3.63) is 68.2 Å². The van der Waals surface area contributed by atoms with Gasteiger partial charge in [0.2, 0.25) is 0 Å². The Balaban J connectivity index is 1.49. The van der Waals surface area contributed by atoms with Gasteiger partial charge in [-0.1, -0.05) is 17.8 Å². The zero-order valence-corrected chi connectivity index (χ0v) is 18.1. The Bertz CT molecular complexity index is 1390. The van der Waals surface area contributed by atoms with E-state index in [-0.39, 0.29) is 11.4 Å². The van der Waals surface area contributed by atoms with E-state index >= 15 is 0 Å². The number of oxazole rings is 1. The highest BCUT2D eigenvalue weighted by atomic mass is 32.2. The maximum Gasteiger partial charge on any atom is 0.271 e. The zero-order chi connectivity index (χ0) is 22.7. The number of allylic oxidation sites excluding steroid dienone is 1. The molecule has 11 heteroatoms. The number of nitriles is 1. The summed E-state index contributed by atoms with van der Waals surface area (Å²) >= 11 is 2.64. The summed E-state index contributed by atoms with van der Waals surface area (Å²) in [6.45, 7) is 0. The molecule has 160 valence electrons. The third-order valence-corrected chi connectivity index (χ3v) is 6.11. The molecule has 32 heavy (non-hydrogen) atoms. The van der Waals surface area contributed by atoms with E-state index in [0.29, 0.717) is 44.0 Å². The van der Waals surface area contributed by atoms with Crippen LogP contribution in [0, 0.1) is 21.4 Å². The van der Waals surface area contributed by atoms with Crippen LogP contribution in [-0.4, -0.2) is 27.1 Å². The molecule has 0 aliphatic heterocycles. The number of phenolic OH excluding ortho intramolecular Hbond substituents is 1. The van der Waals surface area contributed by atoms with Gasteiger partial charge in [0.25, 0.3) is 10.9 Å². The molecule has 4 rings (SSSR count). The number of nitro groups is 1. The quantitative estimate of drug-likeness (QED) is 0.167. The second kappa shape index (κ2) is 9.09. The minimum atomic E-state index is -0.480. The Morgan fingerprint density at radius 3 is 2.97 bits per heavy atom. The Labute approximate surface area is 189 Å². The third kappa shape index (κ3) is 4.56. The van der Waals surface area contributed by atoms with Crippen molar-refractivity contribution >= 4 is 51.5 Å². The molecule has 0 aliphatic carbocycles. The SMILES string of the molecule is COc1cc(/C=C(\C#N)c2nc(CSc3nc4cc([N+](=O)[O-])ccc4o3)cs2)ccc1O. The maximum absolute atomic E-state index is 10.9. The highest BCUT2D eigenvalue weighted by Crippen LogP contribution is 2.31. The van der Waals surface area contributed by atoms with Gasteiger partial charge >= 0.3 is 0 Å². The van der Waals surface area contributed by atoms with E-state index in [1.165, 1.54) is 54.5 Å². The lowest BCUT2D eigenvalue weighted by atomic mass is 10.1. The molecule has 0 aliphatic rings. The van der Waals surface area contributed by atoms with E-state index in [1.807, 2.05) is 5.38 Å². The number of aromatic hydroxyl groups is 1. The first-order valence-electron chi connectivity index (χ1n) is 9.08. The molecular weight excluding hydrogens is 452 g/mol. The van der Waals surface area contributed by atoms with Crippen LogP contribution in [0.15, 0.2) is 51.4 Å². The number of rotatable bonds is 7. The Morgan fingerprint density at radius 1 is 1.38 bits per heavy atom. The number of benzene rings is 2. The number of thioether (sulfide) groups is 1. The number of non-ortho nitro benzene ring substituents is 1. The summed E-state index contributed by atoms with van der Waals surface area (Å²) in [5, 5.41) is 33.0. The number of hydrogen-bond acceptors (Lipinski definition) is 10. The van der Waals surface area contributed by atoms with E-state index < -0.39 is 4.92 Å². The monoisotopic (exact) mass is 466 g/mol. The minimum Gasteiger partial charge on any atom is -0.504 e. The molecule has 1 N–H and O–H groups in total. The molecule has 0 fully saturated rings. The smallest absolute Gasteiger partial charge is 0.271 e. The molecule has 0 spiro atoms. The van der Waals surface area contributed by atoms with E-state index in [2.05, 4.69) is 16.0 Å². The van der Waals surface area contributed by atoms with Gasteiger partial charge in [-0.05, 0) is 29.8 Å². The molecule has 0 bridgehead atoms. The number of fused-ring (bicyclic) bond motifs is 1. The van der Waals surface area contributed by atoms with E-state index in [0.717, 1.165) is 5.69 Å². The molecule has 9 nitrogen and oxygen atoms in total. The fourth-order valence-corrected chi connectivity index (χ4v) is 4.42. The van der Waals surface area contributed by atoms with Crippen LogP contribution in [0.4, 0.5) is 5.69 Å². The normalized spacial score (nSPS) is 11.4. The molecule has 2 aromatic heterocycles. The number of phenols is 1. The predicted molar refractivity (Wildman–Crippen MR) is 120 cm³/mol. The van der Waals surface area contributed by atoms with Gasteiger partial charge in [0, 0.05) is 23.3 Å². The van der Waals surface area contributed by atoms with Gasteiger partial charge in [-0.15, -0.1) is 11.3 Å². The molecule has 0 atom stereocenters. The van der Waals surface area contributed by atoms with Crippen molar-refractivity contribution in [1.29, 1.82) is 5.26 Å². The van der Waals surface area contributed by atoms with Crippen molar-refractivity contribution in [2.24, 2.45) is 0 Å². The van der Waals surface area contributed by atoms with E-state index in [4.69, 9.17) is 9.15 Å². The molecule has 0 radical (unpaired) electrons. The van der Waals surface area contributed by atoms with Crippen molar-refractivity contribution in [2.75, 3.05) is 7.11 Å². The Morgan fingerprint density at radius 2 is 2.22 bits per heavy atom. The van der Waals surface area contributed by atoms with Gasteiger partial charge in [-0.2, -0.15) is 5.26 Å². The van der Waals surface area contributed by atoms with Gasteiger partial charge in [-0.3, -0.25) is 10.1 Å². The number of aromatic nitrogens is 2. The van der Waals surface area contributed by atoms with Gasteiger partial charge < -0.3 is 14.3 Å². The average molecular weight is 467 g/mol. The molecular formula is C21H14N4O5S2. The number of nitrogens with zero attached hydrogens (tertiary/aromatic N) is 4. The first-order valence-corrected chi connectivity index (χ1v) is 10.9. The van der Waals surface area contributed by atoms with Crippen LogP contribution in [0.5, 0.6) is 11.5 Å². The first-order chi connectivity index (χ1) is 15.5. The molecule has 0 saturated heterocycles. The second-order valence-corrected chi connectivity index (χ2v) is 8.21. The number of methoxy groups -OCH3 is 1. The summed E-state index contributed by atoms with van der Waals surface area (Å²) in [5.41, 5.74) is 2.66. The first kappa shape index (κ1) is 21.4. The lowest BCUT2D eigenvalue weighted by Crippen LogP contribution is -1.87. The van der Waals surface area contributed by atoms with Crippen molar-refractivity contribution in [2.45, 2.75) is 11.0 Å². The lowest BCUT2D eigenvalue weighted by molar-refractivity contribution is -0.384. The largest absolute Gasteiger partial charge is 0.504 e. The minimum absolute atomic E-state index is 0.0190. The Hall–Kier alpha value is -3.88. The van der Waals surface area contributed by atoms with Crippen LogP contribution < -0.4 is 4.74 Å². The molecule has 0 saturated carbocycles. The van der Waals surface area contributed by atoms with Crippen molar-refractivity contribution in [1.82, 2.24) is 9.97 Å². The van der Waals surface area contributed by atoms with Gasteiger partial charge in [0.15, 0.2) is 17.1 Å². The van der Waals surface area contributed by atoms with Gasteiger partial charge in [-0.25, -0.2) is 9.97 Å². The highest BCUT2D eigenvalue weighted by molar-refractivity contribution is 7.98. The second-order valence-electron chi connectivity index (χ2n) is 6.42. The summed E-state index contributed by atoms with van der Waals surface area (Å²) < 4.78 is 10.7. The number of nitro benzene ring substituents is 1. The number of thiazole rings is 1. The topological polar surface area (TPSA) is 135 Å². The maximum atomic E-state index is 10.9. The van der Waals surface area contributed by atoms with Crippen LogP contribution in [0.25, 0.3) is 22.7 Å². The summed E-state index contributed by atoms with van der Waals surface area (Å²) in [6, 6.07) is 11.2. The molecule has 4 aromatic rings. The summed E-state index contributed by atoms with van der Waals surface area (Å²) in [6.07, 6.45) is 1.67. The van der Waals surface area contributed by atoms with E-state index in [1.54, 1.807) is 18.2 Å². The highest BCUT2D eigenvalue weighted by Gasteiger charge is 2.14. The van der Waals surface area contributed by atoms with Crippen molar-refractivity contribution in [3.63, 3.8) is 0 Å². The molecule has 2 aromatic carbocycles. The summed E-state index contributed by atoms with van der Waals surface area (Å²) in [5.74, 6) is 0.790. The molecule has 0 amide bonds. The zero-order valence-electron chi connectivity index (χ0n) is 16.5.